The third kappa shape index (κ3) is 3.99. The zero-order valence-corrected chi connectivity index (χ0v) is 10.4. The Bertz CT molecular complexity index is 217. The van der Waals surface area contributed by atoms with E-state index in [1.807, 2.05) is 0 Å². The molecule has 0 heterocycles. The van der Waals surface area contributed by atoms with Crippen molar-refractivity contribution in [2.24, 2.45) is 11.8 Å². The number of ether oxygens (including phenoxy) is 1. The summed E-state index contributed by atoms with van der Waals surface area (Å²) in [5, 5.41) is 0. The second kappa shape index (κ2) is 7.48. The lowest BCUT2D eigenvalue weighted by Crippen LogP contribution is -2.27. The fourth-order valence-electron chi connectivity index (χ4n) is 2.64. The quantitative estimate of drug-likeness (QED) is 0.508. The molecule has 1 aliphatic carbocycles. The Morgan fingerprint density at radius 3 is 2.69 bits per heavy atom. The molecule has 0 aromatic heterocycles. The van der Waals surface area contributed by atoms with E-state index in [9.17, 15) is 4.79 Å². The van der Waals surface area contributed by atoms with Crippen molar-refractivity contribution < 1.29 is 9.53 Å². The van der Waals surface area contributed by atoms with Gasteiger partial charge in [-0.1, -0.05) is 45.3 Å². The molecule has 0 aromatic carbocycles. The van der Waals surface area contributed by atoms with Crippen LogP contribution in [0.3, 0.4) is 0 Å². The van der Waals surface area contributed by atoms with Crippen LogP contribution in [0.15, 0.2) is 12.7 Å². The lowest BCUT2D eigenvalue weighted by atomic mass is 9.78. The Morgan fingerprint density at radius 2 is 2.12 bits per heavy atom. The zero-order chi connectivity index (χ0) is 11.8. The second-order valence-corrected chi connectivity index (χ2v) is 4.71. The monoisotopic (exact) mass is 224 g/mol. The highest BCUT2D eigenvalue weighted by Crippen LogP contribution is 2.33. The molecule has 0 bridgehead atoms. The first-order valence-electron chi connectivity index (χ1n) is 6.57. The summed E-state index contributed by atoms with van der Waals surface area (Å²) in [6, 6.07) is 0. The Morgan fingerprint density at radius 1 is 1.44 bits per heavy atom. The van der Waals surface area contributed by atoms with Crippen LogP contribution in [0.4, 0.5) is 0 Å². The van der Waals surface area contributed by atoms with Crippen LogP contribution in [0, 0.1) is 11.8 Å². The van der Waals surface area contributed by atoms with Crippen molar-refractivity contribution in [2.45, 2.75) is 51.9 Å². The molecule has 0 spiro atoms. The first-order chi connectivity index (χ1) is 7.79. The third-order valence-electron chi connectivity index (χ3n) is 3.46. The van der Waals surface area contributed by atoms with Crippen molar-refractivity contribution >= 4 is 5.97 Å². The number of carbonyl (C=O) groups is 1. The van der Waals surface area contributed by atoms with E-state index in [1.54, 1.807) is 6.08 Å². The number of hydrogen-bond acceptors (Lipinski definition) is 2. The van der Waals surface area contributed by atoms with Crippen LogP contribution in [0.25, 0.3) is 0 Å². The van der Waals surface area contributed by atoms with Crippen molar-refractivity contribution in [3.63, 3.8) is 0 Å². The highest BCUT2D eigenvalue weighted by atomic mass is 16.5. The molecule has 1 aliphatic rings. The molecule has 92 valence electrons. The third-order valence-corrected chi connectivity index (χ3v) is 3.46. The molecule has 1 atom stereocenters. The van der Waals surface area contributed by atoms with Crippen molar-refractivity contribution in [2.75, 3.05) is 6.61 Å². The van der Waals surface area contributed by atoms with Gasteiger partial charge in [-0.15, -0.1) is 0 Å². The van der Waals surface area contributed by atoms with Gasteiger partial charge in [0, 0.05) is 0 Å². The number of hydrogen-bond donors (Lipinski definition) is 0. The molecule has 0 saturated heterocycles. The molecule has 0 N–H and O–H groups in total. The molecular weight excluding hydrogens is 200 g/mol. The standard InChI is InChI=1S/C14H24O2/c1-3-8-13(14(15)16-11-4-2)12-9-6-5-7-10-12/h4,12-13H,2-3,5-11H2,1H3. The van der Waals surface area contributed by atoms with Crippen molar-refractivity contribution in [3.8, 4) is 0 Å². The maximum Gasteiger partial charge on any atom is 0.309 e. The smallest absolute Gasteiger partial charge is 0.309 e. The second-order valence-electron chi connectivity index (χ2n) is 4.71. The van der Waals surface area contributed by atoms with Gasteiger partial charge in [0.15, 0.2) is 0 Å². The van der Waals surface area contributed by atoms with Crippen LogP contribution in [0.1, 0.15) is 51.9 Å². The van der Waals surface area contributed by atoms with E-state index in [1.165, 1.54) is 32.1 Å². The molecule has 0 radical (unpaired) electrons. The average molecular weight is 224 g/mol. The molecule has 16 heavy (non-hydrogen) atoms. The Balaban J connectivity index is 2.50. The minimum absolute atomic E-state index is 0.00588. The molecule has 2 nitrogen and oxygen atoms in total. The van der Waals surface area contributed by atoms with Gasteiger partial charge < -0.3 is 4.74 Å². The maximum absolute atomic E-state index is 11.9. The minimum atomic E-state index is -0.00588. The van der Waals surface area contributed by atoms with Crippen LogP contribution in [-0.2, 0) is 9.53 Å². The molecule has 1 rings (SSSR count). The number of rotatable bonds is 6. The summed E-state index contributed by atoms with van der Waals surface area (Å²) < 4.78 is 5.20. The largest absolute Gasteiger partial charge is 0.461 e. The van der Waals surface area contributed by atoms with Gasteiger partial charge in [-0.25, -0.2) is 0 Å². The summed E-state index contributed by atoms with van der Waals surface area (Å²) in [7, 11) is 0. The van der Waals surface area contributed by atoms with E-state index in [2.05, 4.69) is 13.5 Å². The number of carbonyl (C=O) groups excluding carboxylic acids is 1. The molecule has 2 heteroatoms. The summed E-state index contributed by atoms with van der Waals surface area (Å²) in [5.74, 6) is 0.685. The SMILES string of the molecule is C=CCOC(=O)C(CCC)C1CCCCC1. The van der Waals surface area contributed by atoms with Gasteiger partial charge in [0.1, 0.15) is 6.61 Å². The maximum atomic E-state index is 11.9. The lowest BCUT2D eigenvalue weighted by Gasteiger charge is -2.28. The first kappa shape index (κ1) is 13.3. The summed E-state index contributed by atoms with van der Waals surface area (Å²) in [6.45, 7) is 6.06. The van der Waals surface area contributed by atoms with Gasteiger partial charge in [0.25, 0.3) is 0 Å². The summed E-state index contributed by atoms with van der Waals surface area (Å²) in [5.41, 5.74) is 0. The summed E-state index contributed by atoms with van der Waals surface area (Å²) in [6.07, 6.45) is 9.96. The van der Waals surface area contributed by atoms with E-state index >= 15 is 0 Å². The van der Waals surface area contributed by atoms with E-state index in [4.69, 9.17) is 4.74 Å². The Labute approximate surface area is 99.1 Å². The highest BCUT2D eigenvalue weighted by Gasteiger charge is 2.29. The summed E-state index contributed by atoms with van der Waals surface area (Å²) in [4.78, 5) is 11.9. The Kier molecular flexibility index (Phi) is 6.20. The normalized spacial score (nSPS) is 19.1. The zero-order valence-electron chi connectivity index (χ0n) is 10.4. The molecule has 1 fully saturated rings. The highest BCUT2D eigenvalue weighted by molar-refractivity contribution is 5.72. The predicted octanol–water partition coefficient (Wildman–Crippen LogP) is 3.71. The van der Waals surface area contributed by atoms with E-state index < -0.39 is 0 Å². The van der Waals surface area contributed by atoms with Crippen molar-refractivity contribution in [1.29, 1.82) is 0 Å². The Hall–Kier alpha value is -0.790. The summed E-state index contributed by atoms with van der Waals surface area (Å²) >= 11 is 0. The molecule has 0 aliphatic heterocycles. The van der Waals surface area contributed by atoms with Crippen molar-refractivity contribution in [3.05, 3.63) is 12.7 Å². The molecule has 0 amide bonds. The first-order valence-corrected chi connectivity index (χ1v) is 6.57. The molecule has 1 unspecified atom stereocenters. The minimum Gasteiger partial charge on any atom is -0.461 e. The van der Waals surface area contributed by atoms with Crippen LogP contribution in [0.2, 0.25) is 0 Å². The van der Waals surface area contributed by atoms with E-state index in [0.29, 0.717) is 12.5 Å². The topological polar surface area (TPSA) is 26.3 Å². The van der Waals surface area contributed by atoms with Gasteiger partial charge in [-0.3, -0.25) is 4.79 Å². The molecule has 0 aromatic rings. The fourth-order valence-corrected chi connectivity index (χ4v) is 2.64. The van der Waals surface area contributed by atoms with Gasteiger partial charge in [0.05, 0.1) is 5.92 Å². The average Bonchev–Trinajstić information content (AvgIpc) is 2.34. The van der Waals surface area contributed by atoms with Crippen LogP contribution >= 0.6 is 0 Å². The van der Waals surface area contributed by atoms with Gasteiger partial charge >= 0.3 is 5.97 Å². The van der Waals surface area contributed by atoms with Crippen LogP contribution in [-0.4, -0.2) is 12.6 Å². The van der Waals surface area contributed by atoms with E-state index in [0.717, 1.165) is 12.8 Å². The van der Waals surface area contributed by atoms with Gasteiger partial charge in [0.2, 0.25) is 0 Å². The van der Waals surface area contributed by atoms with E-state index in [-0.39, 0.29) is 11.9 Å². The van der Waals surface area contributed by atoms with Gasteiger partial charge in [-0.2, -0.15) is 0 Å². The number of esters is 1. The van der Waals surface area contributed by atoms with Crippen LogP contribution < -0.4 is 0 Å². The predicted molar refractivity (Wildman–Crippen MR) is 66.1 cm³/mol. The lowest BCUT2D eigenvalue weighted by molar-refractivity contribution is -0.150. The molecular formula is C14H24O2. The molecule has 1 saturated carbocycles. The van der Waals surface area contributed by atoms with Gasteiger partial charge in [-0.05, 0) is 25.2 Å². The van der Waals surface area contributed by atoms with Crippen molar-refractivity contribution in [1.82, 2.24) is 0 Å². The fraction of sp³-hybridized carbons (Fsp3) is 0.786. The van der Waals surface area contributed by atoms with Crippen LogP contribution in [0.5, 0.6) is 0 Å².